The minimum absolute atomic E-state index is 0.0394. The van der Waals surface area contributed by atoms with Gasteiger partial charge in [-0.3, -0.25) is 5.73 Å². The highest BCUT2D eigenvalue weighted by Gasteiger charge is 2.46. The number of aliphatic carboxylic acids is 1. The van der Waals surface area contributed by atoms with E-state index < -0.39 is 20.0 Å². The standard InChI is InChI=1S/C10H23NO3Si/c1-7-10(11,8(12)13)14-15(5,6)9(2,3)4/h7,11H2,1-6H3,(H,12,13). The molecule has 0 rings (SSSR count). The van der Waals surface area contributed by atoms with E-state index in [0.717, 1.165) is 0 Å². The molecular weight excluding hydrogens is 210 g/mol. The van der Waals surface area contributed by atoms with Crippen LogP contribution in [0.15, 0.2) is 0 Å². The van der Waals surface area contributed by atoms with Crippen LogP contribution in [0.25, 0.3) is 0 Å². The molecule has 0 fully saturated rings. The number of nitrogens with two attached hydrogens (primary N) is 1. The van der Waals surface area contributed by atoms with Gasteiger partial charge in [-0.05, 0) is 24.6 Å². The van der Waals surface area contributed by atoms with Crippen molar-refractivity contribution in [2.24, 2.45) is 5.73 Å². The van der Waals surface area contributed by atoms with Crippen molar-refractivity contribution in [3.63, 3.8) is 0 Å². The van der Waals surface area contributed by atoms with Crippen molar-refractivity contribution in [2.45, 2.75) is 58.0 Å². The first kappa shape index (κ1) is 14.6. The average Bonchev–Trinajstić information content (AvgIpc) is 2.00. The van der Waals surface area contributed by atoms with Gasteiger partial charge in [-0.25, -0.2) is 4.79 Å². The third-order valence-electron chi connectivity index (χ3n) is 3.13. The molecule has 0 heterocycles. The third kappa shape index (κ3) is 3.29. The number of carboxylic acids is 1. The lowest BCUT2D eigenvalue weighted by molar-refractivity contribution is -0.156. The summed E-state index contributed by atoms with van der Waals surface area (Å²) in [5, 5.41) is 8.99. The van der Waals surface area contributed by atoms with E-state index in [0.29, 0.717) is 0 Å². The number of rotatable bonds is 4. The summed E-state index contributed by atoms with van der Waals surface area (Å²) in [6.07, 6.45) is 0.273. The van der Waals surface area contributed by atoms with Gasteiger partial charge in [0.1, 0.15) is 0 Å². The lowest BCUT2D eigenvalue weighted by Crippen LogP contribution is -2.58. The van der Waals surface area contributed by atoms with Gasteiger partial charge in [0.2, 0.25) is 5.72 Å². The number of carboxylic acid groups (broad SMARTS) is 1. The molecule has 15 heavy (non-hydrogen) atoms. The summed E-state index contributed by atoms with van der Waals surface area (Å²) in [7, 11) is -2.13. The molecular formula is C10H23NO3Si. The predicted octanol–water partition coefficient (Wildman–Crippen LogP) is 2.16. The topological polar surface area (TPSA) is 72.5 Å². The highest BCUT2D eigenvalue weighted by Crippen LogP contribution is 2.38. The lowest BCUT2D eigenvalue weighted by atomic mass is 10.2. The Morgan fingerprint density at radius 1 is 1.40 bits per heavy atom. The van der Waals surface area contributed by atoms with E-state index in [-0.39, 0.29) is 11.5 Å². The molecule has 1 atom stereocenters. The Morgan fingerprint density at radius 2 is 1.80 bits per heavy atom. The largest absolute Gasteiger partial charge is 0.478 e. The molecule has 0 aromatic carbocycles. The van der Waals surface area contributed by atoms with Crippen LogP contribution in [0.3, 0.4) is 0 Å². The van der Waals surface area contributed by atoms with Gasteiger partial charge < -0.3 is 9.53 Å². The Morgan fingerprint density at radius 3 is 2.00 bits per heavy atom. The fraction of sp³-hybridized carbons (Fsp3) is 0.900. The van der Waals surface area contributed by atoms with Gasteiger partial charge in [-0.1, -0.05) is 27.7 Å². The zero-order chi connectivity index (χ0) is 12.5. The zero-order valence-electron chi connectivity index (χ0n) is 10.5. The van der Waals surface area contributed by atoms with Crippen molar-refractivity contribution in [1.29, 1.82) is 0 Å². The van der Waals surface area contributed by atoms with Crippen molar-refractivity contribution in [1.82, 2.24) is 0 Å². The van der Waals surface area contributed by atoms with Crippen LogP contribution >= 0.6 is 0 Å². The fourth-order valence-electron chi connectivity index (χ4n) is 0.875. The van der Waals surface area contributed by atoms with Crippen molar-refractivity contribution in [3.05, 3.63) is 0 Å². The van der Waals surface area contributed by atoms with Gasteiger partial charge in [0.05, 0.1) is 0 Å². The molecule has 0 aromatic heterocycles. The van der Waals surface area contributed by atoms with Crippen molar-refractivity contribution in [3.8, 4) is 0 Å². The van der Waals surface area contributed by atoms with Crippen LogP contribution in [0.1, 0.15) is 34.1 Å². The molecule has 0 saturated heterocycles. The van der Waals surface area contributed by atoms with E-state index in [1.165, 1.54) is 0 Å². The Hall–Kier alpha value is -0.393. The molecule has 90 valence electrons. The summed E-state index contributed by atoms with van der Waals surface area (Å²) >= 11 is 0. The zero-order valence-corrected chi connectivity index (χ0v) is 11.5. The van der Waals surface area contributed by atoms with Crippen LogP contribution in [-0.2, 0) is 9.22 Å². The summed E-state index contributed by atoms with van der Waals surface area (Å²) in [6, 6.07) is 0. The van der Waals surface area contributed by atoms with Crippen LogP contribution in [0, 0.1) is 0 Å². The summed E-state index contributed by atoms with van der Waals surface area (Å²) in [4.78, 5) is 11.0. The van der Waals surface area contributed by atoms with Crippen LogP contribution in [-0.4, -0.2) is 25.1 Å². The molecule has 4 nitrogen and oxygen atoms in total. The predicted molar refractivity (Wildman–Crippen MR) is 63.1 cm³/mol. The summed E-state index contributed by atoms with van der Waals surface area (Å²) in [5.74, 6) is -1.09. The molecule has 1 unspecified atom stereocenters. The summed E-state index contributed by atoms with van der Waals surface area (Å²) in [6.45, 7) is 11.9. The van der Waals surface area contributed by atoms with Crippen molar-refractivity contribution in [2.75, 3.05) is 0 Å². The number of hydrogen-bond acceptors (Lipinski definition) is 3. The van der Waals surface area contributed by atoms with Gasteiger partial charge in [0.25, 0.3) is 0 Å². The smallest absolute Gasteiger partial charge is 0.350 e. The Kier molecular flexibility index (Phi) is 4.12. The van der Waals surface area contributed by atoms with Gasteiger partial charge in [0, 0.05) is 0 Å². The van der Waals surface area contributed by atoms with Crippen molar-refractivity contribution >= 4 is 14.3 Å². The van der Waals surface area contributed by atoms with E-state index in [1.54, 1.807) is 6.92 Å². The molecule has 0 bridgehead atoms. The normalized spacial score (nSPS) is 17.3. The fourth-order valence-corrected chi connectivity index (χ4v) is 2.32. The van der Waals surface area contributed by atoms with E-state index in [2.05, 4.69) is 20.8 Å². The lowest BCUT2D eigenvalue weighted by Gasteiger charge is -2.41. The second kappa shape index (κ2) is 4.23. The third-order valence-corrected chi connectivity index (χ3v) is 7.62. The highest BCUT2D eigenvalue weighted by molar-refractivity contribution is 6.74. The molecule has 0 aliphatic heterocycles. The molecule has 0 aliphatic carbocycles. The maximum atomic E-state index is 11.0. The number of hydrogen-bond donors (Lipinski definition) is 2. The molecule has 5 heteroatoms. The second-order valence-electron chi connectivity index (χ2n) is 5.41. The van der Waals surface area contributed by atoms with E-state index in [9.17, 15) is 4.79 Å². The second-order valence-corrected chi connectivity index (χ2v) is 10.1. The van der Waals surface area contributed by atoms with E-state index in [1.807, 2.05) is 13.1 Å². The van der Waals surface area contributed by atoms with E-state index >= 15 is 0 Å². The van der Waals surface area contributed by atoms with Crippen LogP contribution < -0.4 is 5.73 Å². The Labute approximate surface area is 92.9 Å². The Bertz CT molecular complexity index is 248. The van der Waals surface area contributed by atoms with Gasteiger partial charge >= 0.3 is 5.97 Å². The molecule has 0 aromatic rings. The molecule has 0 spiro atoms. The number of carbonyl (C=O) groups is 1. The quantitative estimate of drug-likeness (QED) is 0.576. The first-order valence-electron chi connectivity index (χ1n) is 5.19. The van der Waals surface area contributed by atoms with E-state index in [4.69, 9.17) is 15.3 Å². The maximum Gasteiger partial charge on any atom is 0.350 e. The summed E-state index contributed by atoms with van der Waals surface area (Å²) in [5.41, 5.74) is 4.20. The van der Waals surface area contributed by atoms with Crippen LogP contribution in [0.2, 0.25) is 18.1 Å². The van der Waals surface area contributed by atoms with Gasteiger partial charge in [0.15, 0.2) is 8.32 Å². The molecule has 0 saturated carbocycles. The monoisotopic (exact) mass is 233 g/mol. The minimum atomic E-state index is -2.13. The molecule has 3 N–H and O–H groups in total. The minimum Gasteiger partial charge on any atom is -0.478 e. The maximum absolute atomic E-state index is 11.0. The van der Waals surface area contributed by atoms with Gasteiger partial charge in [-0.15, -0.1) is 0 Å². The van der Waals surface area contributed by atoms with Crippen LogP contribution in [0.4, 0.5) is 0 Å². The average molecular weight is 233 g/mol. The first-order valence-corrected chi connectivity index (χ1v) is 8.09. The SMILES string of the molecule is CCC(N)(O[Si](C)(C)C(C)(C)C)C(=O)O. The van der Waals surface area contributed by atoms with Gasteiger partial charge in [-0.2, -0.15) is 0 Å². The molecule has 0 radical (unpaired) electrons. The molecule has 0 amide bonds. The first-order chi connectivity index (χ1) is 6.46. The molecule has 0 aliphatic rings. The summed E-state index contributed by atoms with van der Waals surface area (Å²) < 4.78 is 5.72. The highest BCUT2D eigenvalue weighted by atomic mass is 28.4. The van der Waals surface area contributed by atoms with Crippen molar-refractivity contribution < 1.29 is 14.3 Å². The Balaban J connectivity index is 4.92. The van der Waals surface area contributed by atoms with Crippen LogP contribution in [0.5, 0.6) is 0 Å².